The number of hydrogen-bond donors (Lipinski definition) is 9. The largest absolute Gasteiger partial charge is 0.493 e. The van der Waals surface area contributed by atoms with Crippen molar-refractivity contribution in [2.45, 2.75) is 93.7 Å². The topological polar surface area (TPSA) is 329 Å². The molecule has 10 rings (SSSR count). The number of fused-ring (bicyclic) bond motifs is 5. The van der Waals surface area contributed by atoms with Gasteiger partial charge in [0.15, 0.2) is 16.9 Å². The quantitative estimate of drug-likeness (QED) is 0.0593. The van der Waals surface area contributed by atoms with E-state index in [1.165, 1.54) is 36.4 Å². The minimum atomic E-state index is -0.268. The Kier molecular flexibility index (Phi) is 14.6. The lowest BCUT2D eigenvalue weighted by Crippen LogP contribution is -2.21. The van der Waals surface area contributed by atoms with E-state index in [9.17, 15) is 4.39 Å². The van der Waals surface area contributed by atoms with Crippen molar-refractivity contribution in [1.29, 1.82) is 0 Å². The molecule has 2 aliphatic rings. The average Bonchev–Trinajstić information content (AvgIpc) is 3.79. The number of nitrogens with two attached hydrogens (primary N) is 5. The molecule has 8 aromatic rings. The summed E-state index contributed by atoms with van der Waals surface area (Å²) in [5, 5.41) is 11.6. The number of hydrazine groups is 1. The Morgan fingerprint density at radius 2 is 1.11 bits per heavy atom. The zero-order valence-electron chi connectivity index (χ0n) is 40.9. The highest BCUT2D eigenvalue weighted by atomic mass is 19.1. The number of halogens is 1. The minimum absolute atomic E-state index is 0.258. The van der Waals surface area contributed by atoms with Crippen molar-refractivity contribution < 1.29 is 9.13 Å². The summed E-state index contributed by atoms with van der Waals surface area (Å²) in [6.45, 7) is 15.4. The van der Waals surface area contributed by atoms with Crippen molar-refractivity contribution in [1.82, 2.24) is 60.2 Å². The molecule has 0 amide bonds. The first kappa shape index (κ1) is 49.0. The van der Waals surface area contributed by atoms with Gasteiger partial charge in [-0.25, -0.2) is 29.3 Å². The molecule has 0 saturated carbocycles. The standard InChI is InChI=1S/C19H23N7.C18H18FN5O.C12H18N8/c1-10-8-11(2)22-18-16(10)17(20)25-19(26-18)21-9-15-23-12(3)13-6-4-5-7-14(13)24-15;1-9-7-10(2)22-17-15(9)16(20)23-18(24-17)21-8-12-11-5-6-25-14(11)4-3-13(12)19;1-6-3-7(2)18-11-9(6)10(14)19-12(20-11)16-4-8(13)5-17-15/h8H,4-7,9H2,1-3H3,(H3,20,21,22,25,26);3-4,7H,5-6,8H2,1-2H3,(H3,20,21,22,23,24);3,5,17H,4,13,15H2,1-2H3,(H3,14,16,18,19,20)/b;;8-5-. The Morgan fingerprint density at radius 3 is 1.65 bits per heavy atom. The third-order valence-electron chi connectivity index (χ3n) is 12.0. The highest BCUT2D eigenvalue weighted by Crippen LogP contribution is 2.31. The fourth-order valence-electron chi connectivity index (χ4n) is 8.86. The Balaban J connectivity index is 0.000000144. The van der Waals surface area contributed by atoms with Crippen LogP contribution in [0.3, 0.4) is 0 Å². The third kappa shape index (κ3) is 11.2. The summed E-state index contributed by atoms with van der Waals surface area (Å²) in [4.78, 5) is 48.8. The normalized spacial score (nSPS) is 12.8. The number of ether oxygens (including phenoxy) is 1. The van der Waals surface area contributed by atoms with Crippen LogP contribution in [-0.4, -0.2) is 68.0 Å². The van der Waals surface area contributed by atoms with Crippen LogP contribution in [-0.2, 0) is 32.4 Å². The summed E-state index contributed by atoms with van der Waals surface area (Å²) in [6.07, 6.45) is 6.72. The van der Waals surface area contributed by atoms with Crippen molar-refractivity contribution in [3.8, 4) is 5.75 Å². The van der Waals surface area contributed by atoms with Gasteiger partial charge in [0.1, 0.15) is 34.8 Å². The fraction of sp³-hybridized carbons (Fsp3) is 0.327. The Bertz CT molecular complexity index is 3350. The molecular formula is C49H59FN20O. The molecule has 0 spiro atoms. The number of aromatic nitrogens is 11. The second-order valence-corrected chi connectivity index (χ2v) is 17.5. The van der Waals surface area contributed by atoms with Gasteiger partial charge in [-0.1, -0.05) is 0 Å². The van der Waals surface area contributed by atoms with Crippen LogP contribution in [0.5, 0.6) is 5.75 Å². The van der Waals surface area contributed by atoms with Gasteiger partial charge in [-0.15, -0.1) is 0 Å². The Hall–Kier alpha value is -8.40. The monoisotopic (exact) mass is 963 g/mol. The van der Waals surface area contributed by atoms with E-state index in [0.29, 0.717) is 89.6 Å². The molecule has 8 heterocycles. The van der Waals surface area contributed by atoms with Crippen molar-refractivity contribution >= 4 is 68.4 Å². The van der Waals surface area contributed by atoms with Crippen molar-refractivity contribution in [2.75, 3.05) is 46.3 Å². The summed E-state index contributed by atoms with van der Waals surface area (Å²) in [6, 6.07) is 8.96. The number of rotatable bonds is 10. The highest BCUT2D eigenvalue weighted by Gasteiger charge is 2.21. The van der Waals surface area contributed by atoms with Crippen molar-refractivity contribution in [3.63, 3.8) is 0 Å². The third-order valence-corrected chi connectivity index (χ3v) is 12.0. The molecule has 21 nitrogen and oxygen atoms in total. The summed E-state index contributed by atoms with van der Waals surface area (Å²) in [5.74, 6) is 8.71. The van der Waals surface area contributed by atoms with Crippen molar-refractivity contribution in [2.24, 2.45) is 11.6 Å². The van der Waals surface area contributed by atoms with Gasteiger partial charge < -0.3 is 49.0 Å². The number of nitrogens with one attached hydrogen (secondary N) is 4. The van der Waals surface area contributed by atoms with E-state index in [2.05, 4.69) is 78.1 Å². The molecule has 7 aromatic heterocycles. The van der Waals surface area contributed by atoms with Crippen molar-refractivity contribution in [3.05, 3.63) is 116 Å². The molecule has 0 atom stereocenters. The molecule has 0 radical (unpaired) electrons. The van der Waals surface area contributed by atoms with E-state index in [-0.39, 0.29) is 12.4 Å². The van der Waals surface area contributed by atoms with Gasteiger partial charge >= 0.3 is 0 Å². The molecule has 1 aromatic carbocycles. The molecule has 0 unspecified atom stereocenters. The van der Waals surface area contributed by atoms with Crippen LogP contribution in [0, 0.1) is 54.3 Å². The van der Waals surface area contributed by atoms with Crippen LogP contribution in [0.1, 0.15) is 80.5 Å². The summed E-state index contributed by atoms with van der Waals surface area (Å²) in [5.41, 5.74) is 39.2. The predicted octanol–water partition coefficient (Wildman–Crippen LogP) is 5.62. The van der Waals surface area contributed by atoms with Gasteiger partial charge in [0.25, 0.3) is 0 Å². The number of anilines is 6. The van der Waals surface area contributed by atoms with Crippen LogP contribution >= 0.6 is 0 Å². The van der Waals surface area contributed by atoms with E-state index in [1.807, 2.05) is 59.7 Å². The molecule has 0 saturated heterocycles. The lowest BCUT2D eigenvalue weighted by Gasteiger charge is -2.17. The molecule has 368 valence electrons. The van der Waals surface area contributed by atoms with Crippen LogP contribution in [0.4, 0.5) is 39.7 Å². The number of hydrogen-bond acceptors (Lipinski definition) is 21. The molecular weight excluding hydrogens is 904 g/mol. The summed E-state index contributed by atoms with van der Waals surface area (Å²) in [7, 11) is 0. The van der Waals surface area contributed by atoms with Gasteiger partial charge in [0.05, 0.1) is 35.9 Å². The molecule has 1 aliphatic carbocycles. The van der Waals surface area contributed by atoms with Crippen LogP contribution < -0.4 is 54.9 Å². The van der Waals surface area contributed by atoms with E-state index >= 15 is 0 Å². The minimum Gasteiger partial charge on any atom is -0.493 e. The number of aryl methyl sites for hydroxylation is 8. The smallest absolute Gasteiger partial charge is 0.227 e. The average molecular weight is 963 g/mol. The number of nitrogen functional groups attached to an aromatic ring is 3. The molecule has 22 heteroatoms. The molecule has 0 fully saturated rings. The Morgan fingerprint density at radius 1 is 0.606 bits per heavy atom. The van der Waals surface area contributed by atoms with Gasteiger partial charge in [-0.3, -0.25) is 5.84 Å². The first-order valence-electron chi connectivity index (χ1n) is 23.2. The van der Waals surface area contributed by atoms with E-state index < -0.39 is 0 Å². The van der Waals surface area contributed by atoms with Gasteiger partial charge in [-0.05, 0) is 127 Å². The van der Waals surface area contributed by atoms with Gasteiger partial charge in [0.2, 0.25) is 17.8 Å². The summed E-state index contributed by atoms with van der Waals surface area (Å²) < 4.78 is 19.7. The first-order valence-corrected chi connectivity index (χ1v) is 23.2. The molecule has 0 bridgehead atoms. The molecule has 71 heavy (non-hydrogen) atoms. The second kappa shape index (κ2) is 21.1. The van der Waals surface area contributed by atoms with E-state index in [1.54, 1.807) is 6.07 Å². The highest BCUT2D eigenvalue weighted by molar-refractivity contribution is 5.91. The lowest BCUT2D eigenvalue weighted by atomic mass is 9.95. The first-order chi connectivity index (χ1) is 34.0. The van der Waals surface area contributed by atoms with Gasteiger partial charge in [0, 0.05) is 64.5 Å². The SMILES string of the molecule is Cc1cc(C)c2c(N)nc(NC/C(N)=C/NN)nc2n1.Cc1cc(C)c2c(N)nc(NCc3c(F)ccc4c3CCO4)nc2n1.Cc1cc(C)c2c(N)nc(NCc3nc(C)c4c(n3)CCCC4)nc2n1. The number of benzene rings is 1. The Labute approximate surface area is 409 Å². The van der Waals surface area contributed by atoms with Crippen LogP contribution in [0.2, 0.25) is 0 Å². The van der Waals surface area contributed by atoms with E-state index in [4.69, 9.17) is 38.5 Å². The predicted molar refractivity (Wildman–Crippen MR) is 275 cm³/mol. The zero-order valence-corrected chi connectivity index (χ0v) is 40.9. The number of pyridine rings is 3. The molecule has 14 N–H and O–H groups in total. The van der Waals surface area contributed by atoms with E-state index in [0.717, 1.165) is 85.6 Å². The maximum atomic E-state index is 14.2. The summed E-state index contributed by atoms with van der Waals surface area (Å²) >= 11 is 0. The zero-order chi connectivity index (χ0) is 50.5. The second-order valence-electron chi connectivity index (χ2n) is 17.5. The van der Waals surface area contributed by atoms with Crippen LogP contribution in [0.25, 0.3) is 33.1 Å². The maximum absolute atomic E-state index is 14.2. The van der Waals surface area contributed by atoms with Gasteiger partial charge in [-0.2, -0.15) is 29.9 Å². The maximum Gasteiger partial charge on any atom is 0.227 e. The molecule has 1 aliphatic heterocycles. The lowest BCUT2D eigenvalue weighted by molar-refractivity contribution is 0.356. The fourth-order valence-corrected chi connectivity index (χ4v) is 8.86. The van der Waals surface area contributed by atoms with Crippen LogP contribution in [0.15, 0.2) is 42.2 Å². The number of nitrogens with zero attached hydrogens (tertiary/aromatic N) is 11.